The van der Waals surface area contributed by atoms with Crippen LogP contribution >= 0.6 is 0 Å². The van der Waals surface area contributed by atoms with Gasteiger partial charge in [-0.3, -0.25) is 0 Å². The normalized spacial score (nSPS) is 10.0. The van der Waals surface area contributed by atoms with Crippen molar-refractivity contribution in [3.05, 3.63) is 40.3 Å². The first-order valence-corrected chi connectivity index (χ1v) is 5.33. The first-order valence-electron chi connectivity index (χ1n) is 5.33. The van der Waals surface area contributed by atoms with Gasteiger partial charge in [-0.05, 0) is 24.6 Å². The van der Waals surface area contributed by atoms with E-state index in [1.165, 1.54) is 18.2 Å². The van der Waals surface area contributed by atoms with E-state index in [1.807, 2.05) is 0 Å². The van der Waals surface area contributed by atoms with Gasteiger partial charge in [-0.2, -0.15) is 29.0 Å². The minimum absolute atomic E-state index is 0.265. The molecule has 0 bridgehead atoms. The van der Waals surface area contributed by atoms with Crippen LogP contribution in [-0.4, -0.2) is 0 Å². The SMILES string of the molecule is Cc1cc(NC(C#N)=C(C#N)C#N)c(F)cc1C(F)(F)F. The molecule has 0 aliphatic rings. The average Bonchev–Trinajstić information content (AvgIpc) is 2.40. The average molecular weight is 294 g/mol. The molecule has 0 fully saturated rings. The number of nitriles is 3. The number of anilines is 1. The van der Waals surface area contributed by atoms with Gasteiger partial charge in [0.15, 0.2) is 5.57 Å². The van der Waals surface area contributed by atoms with Gasteiger partial charge in [0.05, 0.1) is 11.3 Å². The quantitative estimate of drug-likeness (QED) is 0.669. The molecule has 0 aromatic heterocycles. The Labute approximate surface area is 117 Å². The van der Waals surface area contributed by atoms with E-state index >= 15 is 0 Å². The molecule has 1 rings (SSSR count). The van der Waals surface area contributed by atoms with Crippen molar-refractivity contribution in [1.82, 2.24) is 0 Å². The molecular weight excluding hydrogens is 288 g/mol. The number of aryl methyl sites for hydroxylation is 1. The summed E-state index contributed by atoms with van der Waals surface area (Å²) in [5.74, 6) is -1.25. The molecular formula is C13H6F4N4. The lowest BCUT2D eigenvalue weighted by molar-refractivity contribution is -0.138. The Morgan fingerprint density at radius 1 is 1.10 bits per heavy atom. The molecule has 1 aromatic carbocycles. The van der Waals surface area contributed by atoms with E-state index < -0.39 is 34.5 Å². The second-order valence-electron chi connectivity index (χ2n) is 3.86. The van der Waals surface area contributed by atoms with Gasteiger partial charge in [0.2, 0.25) is 0 Å². The van der Waals surface area contributed by atoms with E-state index in [0.717, 1.165) is 13.0 Å². The van der Waals surface area contributed by atoms with Crippen LogP contribution in [0.15, 0.2) is 23.4 Å². The Kier molecular flexibility index (Phi) is 4.53. The molecule has 21 heavy (non-hydrogen) atoms. The first-order chi connectivity index (χ1) is 9.74. The maximum absolute atomic E-state index is 13.7. The van der Waals surface area contributed by atoms with Crippen molar-refractivity contribution >= 4 is 5.69 Å². The smallest absolute Gasteiger partial charge is 0.343 e. The van der Waals surface area contributed by atoms with Crippen molar-refractivity contribution in [2.75, 3.05) is 5.32 Å². The van der Waals surface area contributed by atoms with Crippen molar-refractivity contribution in [2.45, 2.75) is 13.1 Å². The molecule has 1 N–H and O–H groups in total. The van der Waals surface area contributed by atoms with E-state index in [1.54, 1.807) is 0 Å². The fourth-order valence-electron chi connectivity index (χ4n) is 1.50. The van der Waals surface area contributed by atoms with Gasteiger partial charge in [-0.15, -0.1) is 0 Å². The van der Waals surface area contributed by atoms with Crippen molar-refractivity contribution in [3.63, 3.8) is 0 Å². The highest BCUT2D eigenvalue weighted by Gasteiger charge is 2.33. The largest absolute Gasteiger partial charge is 0.416 e. The summed E-state index contributed by atoms with van der Waals surface area (Å²) >= 11 is 0. The van der Waals surface area contributed by atoms with Gasteiger partial charge in [0.1, 0.15) is 29.7 Å². The molecule has 1 aromatic rings. The van der Waals surface area contributed by atoms with Gasteiger partial charge in [-0.25, -0.2) is 4.39 Å². The third-order valence-corrected chi connectivity index (χ3v) is 2.46. The molecule has 0 atom stereocenters. The summed E-state index contributed by atoms with van der Waals surface area (Å²) in [4.78, 5) is 0. The number of hydrogen-bond acceptors (Lipinski definition) is 4. The van der Waals surface area contributed by atoms with Crippen LogP contribution in [0, 0.1) is 46.7 Å². The molecule has 0 amide bonds. The van der Waals surface area contributed by atoms with Crippen molar-refractivity contribution in [3.8, 4) is 18.2 Å². The second-order valence-corrected chi connectivity index (χ2v) is 3.86. The van der Waals surface area contributed by atoms with E-state index in [0.29, 0.717) is 0 Å². The van der Waals surface area contributed by atoms with Gasteiger partial charge in [-0.1, -0.05) is 0 Å². The summed E-state index contributed by atoms with van der Waals surface area (Å²) in [5, 5.41) is 28.2. The monoisotopic (exact) mass is 294 g/mol. The molecule has 0 unspecified atom stereocenters. The van der Waals surface area contributed by atoms with E-state index in [4.69, 9.17) is 15.8 Å². The highest BCUT2D eigenvalue weighted by atomic mass is 19.4. The van der Waals surface area contributed by atoms with E-state index in [-0.39, 0.29) is 11.6 Å². The molecule has 0 spiro atoms. The Hall–Kier alpha value is -3.05. The van der Waals surface area contributed by atoms with Crippen molar-refractivity contribution < 1.29 is 17.6 Å². The fraction of sp³-hybridized carbons (Fsp3) is 0.154. The number of hydrogen-bond donors (Lipinski definition) is 1. The number of benzene rings is 1. The summed E-state index contributed by atoms with van der Waals surface area (Å²) < 4.78 is 51.4. The lowest BCUT2D eigenvalue weighted by Crippen LogP contribution is -2.10. The number of alkyl halides is 3. The van der Waals surface area contributed by atoms with Crippen LogP contribution in [0.3, 0.4) is 0 Å². The van der Waals surface area contributed by atoms with Gasteiger partial charge in [0.25, 0.3) is 0 Å². The minimum Gasteiger partial charge on any atom is -0.343 e. The number of nitrogens with one attached hydrogen (secondary N) is 1. The number of rotatable bonds is 2. The molecule has 0 aliphatic heterocycles. The molecule has 8 heteroatoms. The molecule has 0 heterocycles. The number of halogens is 4. The molecule has 0 saturated heterocycles. The van der Waals surface area contributed by atoms with Crippen LogP contribution in [0.1, 0.15) is 11.1 Å². The minimum atomic E-state index is -4.71. The highest BCUT2D eigenvalue weighted by Crippen LogP contribution is 2.34. The predicted octanol–water partition coefficient (Wildman–Crippen LogP) is 3.39. The zero-order valence-electron chi connectivity index (χ0n) is 10.5. The van der Waals surface area contributed by atoms with E-state index in [2.05, 4.69) is 5.32 Å². The lowest BCUT2D eigenvalue weighted by Gasteiger charge is -2.13. The third-order valence-electron chi connectivity index (χ3n) is 2.46. The van der Waals surface area contributed by atoms with E-state index in [9.17, 15) is 17.6 Å². The topological polar surface area (TPSA) is 83.4 Å². The molecule has 0 aliphatic carbocycles. The lowest BCUT2D eigenvalue weighted by atomic mass is 10.1. The molecule has 0 radical (unpaired) electrons. The zero-order chi connectivity index (χ0) is 16.2. The molecule has 106 valence electrons. The Morgan fingerprint density at radius 2 is 1.67 bits per heavy atom. The standard InChI is InChI=1S/C13H6F4N4/c1-7-2-11(10(14)3-9(7)13(15,16)17)21-12(6-20)8(4-18)5-19/h2-3,21H,1H3. The predicted molar refractivity (Wildman–Crippen MR) is 63.6 cm³/mol. The Morgan fingerprint density at radius 3 is 2.10 bits per heavy atom. The van der Waals surface area contributed by atoms with Gasteiger partial charge in [0, 0.05) is 0 Å². The van der Waals surface area contributed by atoms with Crippen LogP contribution < -0.4 is 5.32 Å². The number of allylic oxidation sites excluding steroid dienone is 2. The maximum atomic E-state index is 13.7. The highest BCUT2D eigenvalue weighted by molar-refractivity contribution is 5.60. The van der Waals surface area contributed by atoms with Crippen LogP contribution in [-0.2, 0) is 6.18 Å². The second kappa shape index (κ2) is 5.94. The summed E-state index contributed by atoms with van der Waals surface area (Å²) in [5.41, 5.74) is -2.99. The van der Waals surface area contributed by atoms with Crippen molar-refractivity contribution in [2.24, 2.45) is 0 Å². The first kappa shape index (κ1) is 16.0. The van der Waals surface area contributed by atoms with Gasteiger partial charge < -0.3 is 5.32 Å². The van der Waals surface area contributed by atoms with Crippen molar-refractivity contribution in [1.29, 1.82) is 15.8 Å². The van der Waals surface area contributed by atoms with Crippen LogP contribution in [0.2, 0.25) is 0 Å². The third kappa shape index (κ3) is 3.49. The summed E-state index contributed by atoms with van der Waals surface area (Å²) in [6.07, 6.45) is -4.71. The Balaban J connectivity index is 3.35. The Bertz CT molecular complexity index is 711. The molecule has 0 saturated carbocycles. The summed E-state index contributed by atoms with van der Waals surface area (Å²) in [6, 6.07) is 5.46. The van der Waals surface area contributed by atoms with Crippen LogP contribution in [0.4, 0.5) is 23.2 Å². The van der Waals surface area contributed by atoms with Crippen LogP contribution in [0.25, 0.3) is 0 Å². The summed E-state index contributed by atoms with van der Waals surface area (Å²) in [7, 11) is 0. The van der Waals surface area contributed by atoms with Crippen LogP contribution in [0.5, 0.6) is 0 Å². The molecule has 4 nitrogen and oxygen atoms in total. The summed E-state index contributed by atoms with van der Waals surface area (Å²) in [6.45, 7) is 1.12. The van der Waals surface area contributed by atoms with Gasteiger partial charge >= 0.3 is 6.18 Å². The number of nitrogens with zero attached hydrogens (tertiary/aromatic N) is 3. The maximum Gasteiger partial charge on any atom is 0.416 e. The fourth-order valence-corrected chi connectivity index (χ4v) is 1.50. The zero-order valence-corrected chi connectivity index (χ0v) is 10.5.